The van der Waals surface area contributed by atoms with Crippen LogP contribution in [0.5, 0.6) is 11.5 Å². The van der Waals surface area contributed by atoms with Gasteiger partial charge in [0.1, 0.15) is 18.1 Å². The number of nitrogens with zero attached hydrogens (tertiary/aromatic N) is 2. The van der Waals surface area contributed by atoms with Gasteiger partial charge in [-0.15, -0.1) is 0 Å². The molecule has 166 valence electrons. The van der Waals surface area contributed by atoms with Crippen molar-refractivity contribution >= 4 is 23.3 Å². The second-order valence-corrected chi connectivity index (χ2v) is 7.08. The van der Waals surface area contributed by atoms with E-state index in [0.29, 0.717) is 34.0 Å². The molecule has 0 aliphatic carbocycles. The third-order valence-electron chi connectivity index (χ3n) is 4.92. The van der Waals surface area contributed by atoms with Crippen molar-refractivity contribution in [2.75, 3.05) is 31.9 Å². The van der Waals surface area contributed by atoms with Gasteiger partial charge in [0.25, 0.3) is 5.91 Å². The fourth-order valence-corrected chi connectivity index (χ4v) is 3.11. The topological polar surface area (TPSA) is 104 Å². The van der Waals surface area contributed by atoms with E-state index in [0.717, 1.165) is 5.56 Å². The number of amides is 1. The van der Waals surface area contributed by atoms with Gasteiger partial charge in [-0.25, -0.2) is 4.79 Å². The first-order chi connectivity index (χ1) is 15.3. The number of benzene rings is 2. The molecule has 0 aliphatic heterocycles. The number of hydrogen-bond acceptors (Lipinski definition) is 7. The van der Waals surface area contributed by atoms with E-state index in [4.69, 9.17) is 15.2 Å². The van der Waals surface area contributed by atoms with Gasteiger partial charge in [0.2, 0.25) is 0 Å². The number of esters is 1. The molecule has 3 rings (SSSR count). The first-order valence-corrected chi connectivity index (χ1v) is 9.83. The number of pyridine rings is 1. The quantitative estimate of drug-likeness (QED) is 0.446. The number of anilines is 2. The Bertz CT molecular complexity index is 1130. The number of carbonyl (C=O) groups is 2. The molecule has 0 fully saturated rings. The van der Waals surface area contributed by atoms with Crippen LogP contribution in [0.2, 0.25) is 0 Å². The van der Waals surface area contributed by atoms with E-state index in [1.54, 1.807) is 37.4 Å². The molecule has 1 aromatic heterocycles. The molecule has 0 bridgehead atoms. The van der Waals surface area contributed by atoms with Gasteiger partial charge in [-0.1, -0.05) is 12.1 Å². The molecule has 0 unspecified atom stereocenters. The zero-order valence-electron chi connectivity index (χ0n) is 18.4. The van der Waals surface area contributed by atoms with Crippen molar-refractivity contribution < 1.29 is 23.8 Å². The number of nitrogens with two attached hydrogens (primary N) is 1. The van der Waals surface area contributed by atoms with Crippen LogP contribution in [-0.2, 0) is 11.3 Å². The highest BCUT2D eigenvalue weighted by molar-refractivity contribution is 6.10. The van der Waals surface area contributed by atoms with Crippen molar-refractivity contribution in [2.24, 2.45) is 0 Å². The summed E-state index contributed by atoms with van der Waals surface area (Å²) in [5.74, 6) is 0.200. The van der Waals surface area contributed by atoms with E-state index in [-0.39, 0.29) is 18.2 Å². The minimum Gasteiger partial charge on any atom is -0.495 e. The summed E-state index contributed by atoms with van der Waals surface area (Å²) in [6.45, 7) is 2.09. The number of hydrogen-bond donors (Lipinski definition) is 1. The Morgan fingerprint density at radius 2 is 1.84 bits per heavy atom. The number of rotatable bonds is 7. The average Bonchev–Trinajstić information content (AvgIpc) is 2.82. The van der Waals surface area contributed by atoms with Gasteiger partial charge in [-0.05, 0) is 48.9 Å². The molecule has 1 heterocycles. The van der Waals surface area contributed by atoms with Crippen LogP contribution in [0.1, 0.15) is 32.0 Å². The highest BCUT2D eigenvalue weighted by atomic mass is 16.5. The third-order valence-corrected chi connectivity index (χ3v) is 4.92. The number of para-hydroxylation sites is 1. The van der Waals surface area contributed by atoms with Crippen molar-refractivity contribution in [1.29, 1.82) is 0 Å². The van der Waals surface area contributed by atoms with Crippen LogP contribution in [0.15, 0.2) is 54.7 Å². The molecule has 2 N–H and O–H groups in total. The Morgan fingerprint density at radius 1 is 1.06 bits per heavy atom. The maximum atomic E-state index is 13.2. The number of nitrogen functional groups attached to an aromatic ring is 1. The first-order valence-electron chi connectivity index (χ1n) is 9.83. The SMILES string of the molecule is COC(=O)c1ccc(COc2cc(C)ccc2N(C)C(=O)c2cccc(OC)c2N)nc1. The Balaban J connectivity index is 1.83. The molecule has 32 heavy (non-hydrogen) atoms. The lowest BCUT2D eigenvalue weighted by Gasteiger charge is -2.22. The smallest absolute Gasteiger partial charge is 0.339 e. The summed E-state index contributed by atoms with van der Waals surface area (Å²) in [7, 11) is 4.47. The molecule has 0 saturated carbocycles. The zero-order chi connectivity index (χ0) is 23.3. The minimum absolute atomic E-state index is 0.154. The van der Waals surface area contributed by atoms with E-state index in [9.17, 15) is 9.59 Å². The van der Waals surface area contributed by atoms with Crippen molar-refractivity contribution in [3.05, 3.63) is 77.1 Å². The molecular weight excluding hydrogens is 410 g/mol. The van der Waals surface area contributed by atoms with Gasteiger partial charge >= 0.3 is 5.97 Å². The van der Waals surface area contributed by atoms with Crippen LogP contribution in [0.25, 0.3) is 0 Å². The van der Waals surface area contributed by atoms with Crippen LogP contribution in [-0.4, -0.2) is 38.1 Å². The summed E-state index contributed by atoms with van der Waals surface area (Å²) >= 11 is 0. The fourth-order valence-electron chi connectivity index (χ4n) is 3.11. The highest BCUT2D eigenvalue weighted by Crippen LogP contribution is 2.32. The molecule has 1 amide bonds. The number of aromatic nitrogens is 1. The Hall–Kier alpha value is -4.07. The lowest BCUT2D eigenvalue weighted by atomic mass is 10.1. The second kappa shape index (κ2) is 9.82. The average molecular weight is 435 g/mol. The Kier molecular flexibility index (Phi) is 6.94. The zero-order valence-corrected chi connectivity index (χ0v) is 18.4. The van der Waals surface area contributed by atoms with E-state index in [2.05, 4.69) is 9.72 Å². The third kappa shape index (κ3) is 4.80. The number of aryl methyl sites for hydroxylation is 1. The summed E-state index contributed by atoms with van der Waals surface area (Å²) in [4.78, 5) is 30.4. The van der Waals surface area contributed by atoms with Gasteiger partial charge < -0.3 is 24.8 Å². The molecule has 0 atom stereocenters. The van der Waals surface area contributed by atoms with Gasteiger partial charge in [-0.3, -0.25) is 9.78 Å². The predicted molar refractivity (Wildman–Crippen MR) is 121 cm³/mol. The number of ether oxygens (including phenoxy) is 3. The molecule has 3 aromatic rings. The largest absolute Gasteiger partial charge is 0.495 e. The molecule has 2 aromatic carbocycles. The summed E-state index contributed by atoms with van der Waals surface area (Å²) in [6, 6.07) is 13.9. The minimum atomic E-state index is -0.456. The molecular formula is C24H25N3O5. The number of methoxy groups -OCH3 is 2. The van der Waals surface area contributed by atoms with Crippen LogP contribution < -0.4 is 20.1 Å². The van der Waals surface area contributed by atoms with Crippen molar-refractivity contribution in [3.63, 3.8) is 0 Å². The summed E-state index contributed by atoms with van der Waals surface area (Å²) in [5, 5.41) is 0. The predicted octanol–water partition coefficient (Wildman–Crippen LogP) is 3.62. The van der Waals surface area contributed by atoms with Crippen molar-refractivity contribution in [1.82, 2.24) is 4.98 Å². The van der Waals surface area contributed by atoms with Crippen molar-refractivity contribution in [3.8, 4) is 11.5 Å². The molecule has 8 heteroatoms. The maximum Gasteiger partial charge on any atom is 0.339 e. The molecule has 8 nitrogen and oxygen atoms in total. The molecule has 0 saturated heterocycles. The van der Waals surface area contributed by atoms with Crippen LogP contribution >= 0.6 is 0 Å². The summed E-state index contributed by atoms with van der Waals surface area (Å²) < 4.78 is 15.9. The van der Waals surface area contributed by atoms with Gasteiger partial charge in [0, 0.05) is 13.2 Å². The number of carbonyl (C=O) groups excluding carboxylic acids is 2. The van der Waals surface area contributed by atoms with E-state index in [1.807, 2.05) is 25.1 Å². The summed E-state index contributed by atoms with van der Waals surface area (Å²) in [5.41, 5.74) is 9.24. The van der Waals surface area contributed by atoms with Crippen LogP contribution in [0.3, 0.4) is 0 Å². The molecule has 0 spiro atoms. The van der Waals surface area contributed by atoms with E-state index >= 15 is 0 Å². The Labute approximate surface area is 186 Å². The monoisotopic (exact) mass is 435 g/mol. The standard InChI is InChI=1S/C24H25N3O5/c1-15-8-11-19(27(2)23(28)18-6-5-7-20(30-3)22(18)25)21(12-15)32-14-17-10-9-16(13-26-17)24(29)31-4/h5-13H,14,25H2,1-4H3. The van der Waals surface area contributed by atoms with Crippen molar-refractivity contribution in [2.45, 2.75) is 13.5 Å². The highest BCUT2D eigenvalue weighted by Gasteiger charge is 2.21. The van der Waals surface area contributed by atoms with Gasteiger partial charge in [0.05, 0.1) is 42.4 Å². The van der Waals surface area contributed by atoms with Gasteiger partial charge in [0.15, 0.2) is 0 Å². The Morgan fingerprint density at radius 3 is 2.50 bits per heavy atom. The van der Waals surface area contributed by atoms with Crippen LogP contribution in [0.4, 0.5) is 11.4 Å². The van der Waals surface area contributed by atoms with Crippen LogP contribution in [0, 0.1) is 6.92 Å². The molecule has 0 aliphatic rings. The summed E-state index contributed by atoms with van der Waals surface area (Å²) in [6.07, 6.45) is 1.43. The normalized spacial score (nSPS) is 10.4. The molecule has 0 radical (unpaired) electrons. The fraction of sp³-hybridized carbons (Fsp3) is 0.208. The van der Waals surface area contributed by atoms with E-state index in [1.165, 1.54) is 25.3 Å². The lowest BCUT2D eigenvalue weighted by Crippen LogP contribution is -2.27. The maximum absolute atomic E-state index is 13.2. The second-order valence-electron chi connectivity index (χ2n) is 7.08. The van der Waals surface area contributed by atoms with E-state index < -0.39 is 5.97 Å². The van der Waals surface area contributed by atoms with Gasteiger partial charge in [-0.2, -0.15) is 0 Å². The lowest BCUT2D eigenvalue weighted by molar-refractivity contribution is 0.0600. The first kappa shape index (κ1) is 22.6.